The highest BCUT2D eigenvalue weighted by atomic mass is 32.1. The number of rotatable bonds is 4. The van der Waals surface area contributed by atoms with Crippen LogP contribution in [0.15, 0.2) is 5.38 Å². The van der Waals surface area contributed by atoms with Gasteiger partial charge < -0.3 is 5.11 Å². The topological polar surface area (TPSA) is 56.7 Å². The second kappa shape index (κ2) is 6.65. The van der Waals surface area contributed by atoms with Crippen LogP contribution in [0.2, 0.25) is 0 Å². The average Bonchev–Trinajstić information content (AvgIpc) is 2.82. The highest BCUT2D eigenvalue weighted by Gasteiger charge is 2.24. The molecule has 0 aromatic carbocycles. The zero-order chi connectivity index (χ0) is 14.7. The van der Waals surface area contributed by atoms with E-state index in [9.17, 15) is 9.90 Å². The van der Waals surface area contributed by atoms with Crippen molar-refractivity contribution in [2.45, 2.75) is 39.8 Å². The largest absolute Gasteiger partial charge is 0.393 e. The molecule has 1 amide bonds. The van der Waals surface area contributed by atoms with Crippen LogP contribution in [0, 0.1) is 5.92 Å². The summed E-state index contributed by atoms with van der Waals surface area (Å²) in [6.07, 6.45) is 0.651. The third-order valence-electron chi connectivity index (χ3n) is 3.80. The Labute approximate surface area is 124 Å². The quantitative estimate of drug-likeness (QED) is 0.919. The molecule has 20 heavy (non-hydrogen) atoms. The lowest BCUT2D eigenvalue weighted by Gasteiger charge is -2.33. The van der Waals surface area contributed by atoms with Crippen LogP contribution < -0.4 is 4.90 Å². The van der Waals surface area contributed by atoms with E-state index in [2.05, 4.69) is 16.8 Å². The summed E-state index contributed by atoms with van der Waals surface area (Å²) in [6, 6.07) is 0. The van der Waals surface area contributed by atoms with Crippen LogP contribution in [0.4, 0.5) is 5.13 Å². The van der Waals surface area contributed by atoms with Crippen molar-refractivity contribution in [1.82, 2.24) is 9.88 Å². The summed E-state index contributed by atoms with van der Waals surface area (Å²) in [7, 11) is 0. The lowest BCUT2D eigenvalue weighted by atomic mass is 9.97. The number of aliphatic hydroxyl groups excluding tert-OH is 1. The molecule has 1 saturated heterocycles. The normalized spacial score (nSPS) is 23.8. The van der Waals surface area contributed by atoms with Gasteiger partial charge in [-0.1, -0.05) is 6.92 Å². The van der Waals surface area contributed by atoms with Gasteiger partial charge in [-0.3, -0.25) is 14.6 Å². The molecule has 1 aromatic rings. The fourth-order valence-corrected chi connectivity index (χ4v) is 3.50. The molecule has 1 fully saturated rings. The number of hydrogen-bond donors (Lipinski definition) is 1. The van der Waals surface area contributed by atoms with Gasteiger partial charge in [0.15, 0.2) is 5.13 Å². The Bertz CT molecular complexity index is 463. The van der Waals surface area contributed by atoms with Crippen molar-refractivity contribution in [3.63, 3.8) is 0 Å². The van der Waals surface area contributed by atoms with Crippen LogP contribution in [-0.4, -0.2) is 46.6 Å². The van der Waals surface area contributed by atoms with Gasteiger partial charge in [0.25, 0.3) is 0 Å². The van der Waals surface area contributed by atoms with Gasteiger partial charge in [0.05, 0.1) is 11.8 Å². The van der Waals surface area contributed by atoms with E-state index in [-0.39, 0.29) is 12.0 Å². The number of thiazole rings is 1. The summed E-state index contributed by atoms with van der Waals surface area (Å²) < 4.78 is 0. The highest BCUT2D eigenvalue weighted by molar-refractivity contribution is 7.14. The lowest BCUT2D eigenvalue weighted by Crippen LogP contribution is -2.41. The van der Waals surface area contributed by atoms with Gasteiger partial charge in [-0.15, -0.1) is 11.3 Å². The maximum atomic E-state index is 11.5. The van der Waals surface area contributed by atoms with Crippen LogP contribution in [0.5, 0.6) is 0 Å². The summed E-state index contributed by atoms with van der Waals surface area (Å²) in [5.41, 5.74) is 1.01. The molecule has 112 valence electrons. The van der Waals surface area contributed by atoms with Crippen LogP contribution in [0.3, 0.4) is 0 Å². The molecule has 2 heterocycles. The van der Waals surface area contributed by atoms with E-state index < -0.39 is 0 Å². The van der Waals surface area contributed by atoms with E-state index in [1.54, 1.807) is 11.8 Å². The van der Waals surface area contributed by atoms with Crippen LogP contribution >= 0.6 is 11.3 Å². The first kappa shape index (κ1) is 15.4. The molecule has 6 heteroatoms. The second-order valence-corrected chi connectivity index (χ2v) is 6.29. The first-order chi connectivity index (χ1) is 9.51. The van der Waals surface area contributed by atoms with Gasteiger partial charge in [0.2, 0.25) is 5.91 Å². The molecule has 1 aromatic heterocycles. The van der Waals surface area contributed by atoms with Crippen molar-refractivity contribution >= 4 is 22.4 Å². The first-order valence-electron chi connectivity index (χ1n) is 7.14. The molecular weight excluding hydrogens is 274 g/mol. The van der Waals surface area contributed by atoms with Crippen molar-refractivity contribution in [3.05, 3.63) is 11.1 Å². The summed E-state index contributed by atoms with van der Waals surface area (Å²) in [5, 5.41) is 12.5. The minimum atomic E-state index is -0.175. The van der Waals surface area contributed by atoms with Crippen molar-refractivity contribution < 1.29 is 9.90 Å². The van der Waals surface area contributed by atoms with Crippen LogP contribution in [0.25, 0.3) is 0 Å². The summed E-state index contributed by atoms with van der Waals surface area (Å²) in [4.78, 5) is 20.1. The monoisotopic (exact) mass is 297 g/mol. The molecule has 1 aliphatic rings. The third kappa shape index (κ3) is 3.56. The minimum Gasteiger partial charge on any atom is -0.393 e. The number of nitrogens with zero attached hydrogens (tertiary/aromatic N) is 3. The molecule has 0 aliphatic carbocycles. The van der Waals surface area contributed by atoms with Crippen LogP contribution in [0.1, 0.15) is 32.9 Å². The van der Waals surface area contributed by atoms with Crippen molar-refractivity contribution in [3.8, 4) is 0 Å². The Kier molecular flexibility index (Phi) is 5.12. The minimum absolute atomic E-state index is 0.0307. The van der Waals surface area contributed by atoms with Gasteiger partial charge in [-0.2, -0.15) is 0 Å². The Balaban J connectivity index is 1.97. The first-order valence-corrected chi connectivity index (χ1v) is 8.02. The van der Waals surface area contributed by atoms with E-state index >= 15 is 0 Å². The van der Waals surface area contributed by atoms with Gasteiger partial charge in [-0.25, -0.2) is 4.98 Å². The molecule has 2 unspecified atom stereocenters. The number of aliphatic hydroxyl groups is 1. The fourth-order valence-electron chi connectivity index (χ4n) is 2.58. The highest BCUT2D eigenvalue weighted by Crippen LogP contribution is 2.23. The summed E-state index contributed by atoms with van der Waals surface area (Å²) >= 11 is 1.52. The summed E-state index contributed by atoms with van der Waals surface area (Å²) in [6.45, 7) is 8.85. The number of aromatic nitrogens is 1. The Morgan fingerprint density at radius 3 is 3.00 bits per heavy atom. The van der Waals surface area contributed by atoms with E-state index in [0.29, 0.717) is 12.5 Å². The van der Waals surface area contributed by atoms with Crippen LogP contribution in [-0.2, 0) is 11.3 Å². The SMILES string of the molecule is CCN(C(C)=O)c1nc(CN2CCC(O)C(C)C2)cs1. The van der Waals surface area contributed by atoms with Gasteiger partial charge in [-0.05, 0) is 19.3 Å². The van der Waals surface area contributed by atoms with E-state index in [1.165, 1.54) is 11.3 Å². The number of carbonyl (C=O) groups excluding carboxylic acids is 1. The predicted octanol–water partition coefficient (Wildman–Crippen LogP) is 1.72. The summed E-state index contributed by atoms with van der Waals surface area (Å²) in [5.74, 6) is 0.342. The number of carbonyl (C=O) groups is 1. The Morgan fingerprint density at radius 1 is 1.65 bits per heavy atom. The molecule has 0 radical (unpaired) electrons. The number of piperidine rings is 1. The molecule has 5 nitrogen and oxygen atoms in total. The van der Waals surface area contributed by atoms with Crippen molar-refractivity contribution in [2.75, 3.05) is 24.5 Å². The predicted molar refractivity (Wildman–Crippen MR) is 80.9 cm³/mol. The average molecular weight is 297 g/mol. The lowest BCUT2D eigenvalue weighted by molar-refractivity contribution is -0.116. The van der Waals surface area contributed by atoms with Gasteiger partial charge >= 0.3 is 0 Å². The number of anilines is 1. The second-order valence-electron chi connectivity index (χ2n) is 5.45. The van der Waals surface area contributed by atoms with E-state index in [4.69, 9.17) is 0 Å². The number of likely N-dealkylation sites (tertiary alicyclic amines) is 1. The maximum absolute atomic E-state index is 11.5. The molecule has 1 N–H and O–H groups in total. The zero-order valence-electron chi connectivity index (χ0n) is 12.4. The number of hydrogen-bond acceptors (Lipinski definition) is 5. The standard InChI is InChI=1S/C14H23N3O2S/c1-4-17(11(3)18)14-15-12(9-20-14)8-16-6-5-13(19)10(2)7-16/h9-10,13,19H,4-8H2,1-3H3. The Hall–Kier alpha value is -0.980. The molecule has 0 saturated carbocycles. The molecular formula is C14H23N3O2S. The zero-order valence-corrected chi connectivity index (χ0v) is 13.2. The molecule has 0 spiro atoms. The Morgan fingerprint density at radius 2 is 2.40 bits per heavy atom. The van der Waals surface area contributed by atoms with Gasteiger partial charge in [0.1, 0.15) is 0 Å². The molecule has 0 bridgehead atoms. The number of amides is 1. The smallest absolute Gasteiger partial charge is 0.225 e. The fraction of sp³-hybridized carbons (Fsp3) is 0.714. The third-order valence-corrected chi connectivity index (χ3v) is 4.71. The van der Waals surface area contributed by atoms with E-state index in [1.807, 2.05) is 12.3 Å². The van der Waals surface area contributed by atoms with Crippen molar-refractivity contribution in [2.24, 2.45) is 5.92 Å². The van der Waals surface area contributed by atoms with Crippen molar-refractivity contribution in [1.29, 1.82) is 0 Å². The van der Waals surface area contributed by atoms with Gasteiger partial charge in [0, 0.05) is 38.5 Å². The maximum Gasteiger partial charge on any atom is 0.225 e. The molecule has 2 rings (SSSR count). The van der Waals surface area contributed by atoms with E-state index in [0.717, 1.165) is 36.9 Å². The molecule has 2 atom stereocenters. The molecule has 1 aliphatic heterocycles.